The van der Waals surface area contributed by atoms with Crippen LogP contribution in [0.25, 0.3) is 0 Å². The minimum absolute atomic E-state index is 0.0928. The Morgan fingerprint density at radius 2 is 2.30 bits per heavy atom. The van der Waals surface area contributed by atoms with E-state index in [1.165, 1.54) is 0 Å². The summed E-state index contributed by atoms with van der Waals surface area (Å²) in [4.78, 5) is 20.0. The fourth-order valence-corrected chi connectivity index (χ4v) is 2.67. The Balaban J connectivity index is 2.14. The number of amides is 1. The molecule has 110 valence electrons. The maximum absolute atomic E-state index is 12.2. The van der Waals surface area contributed by atoms with Gasteiger partial charge in [0, 0.05) is 57.1 Å². The molecule has 0 bridgehead atoms. The maximum Gasteiger partial charge on any atom is 0.240 e. The molecular weight excluding hydrogens is 299 g/mol. The Bertz CT molecular complexity index is 495. The zero-order valence-electron chi connectivity index (χ0n) is 11.6. The molecule has 1 aliphatic rings. The van der Waals surface area contributed by atoms with Gasteiger partial charge < -0.3 is 10.2 Å². The number of nitrogens with one attached hydrogen (secondary N) is 1. The number of carbonyl (C=O) groups is 1. The monoisotopic (exact) mass is 316 g/mol. The second-order valence-corrected chi connectivity index (χ2v) is 5.82. The molecule has 1 aliphatic heterocycles. The number of piperazine rings is 1. The van der Waals surface area contributed by atoms with Gasteiger partial charge >= 0.3 is 0 Å². The largest absolute Gasteiger partial charge is 0.347 e. The molecule has 20 heavy (non-hydrogen) atoms. The second kappa shape index (κ2) is 6.72. The molecule has 0 radical (unpaired) electrons. The summed E-state index contributed by atoms with van der Waals surface area (Å²) < 4.78 is 0. The molecule has 1 N–H and O–H groups in total. The lowest BCUT2D eigenvalue weighted by Gasteiger charge is -2.36. The van der Waals surface area contributed by atoms with E-state index in [-0.39, 0.29) is 11.9 Å². The first-order chi connectivity index (χ1) is 9.49. The van der Waals surface area contributed by atoms with E-state index < -0.39 is 0 Å². The van der Waals surface area contributed by atoms with Crippen LogP contribution in [0.2, 0.25) is 10.2 Å². The van der Waals surface area contributed by atoms with Crippen LogP contribution < -0.4 is 5.32 Å². The summed E-state index contributed by atoms with van der Waals surface area (Å²) in [6.45, 7) is 2.89. The van der Waals surface area contributed by atoms with Gasteiger partial charge in [-0.25, -0.2) is 4.98 Å². The third-order valence-corrected chi connectivity index (χ3v) is 3.91. The number of likely N-dealkylation sites (N-methyl/N-ethyl adjacent to an activating group) is 1. The first-order valence-corrected chi connectivity index (χ1v) is 7.20. The molecule has 1 amide bonds. The molecule has 1 unspecified atom stereocenters. The number of rotatable bonds is 3. The van der Waals surface area contributed by atoms with Gasteiger partial charge in [0.05, 0.1) is 0 Å². The summed E-state index contributed by atoms with van der Waals surface area (Å²) in [6, 6.07) is 1.45. The molecule has 0 saturated carbocycles. The van der Waals surface area contributed by atoms with E-state index in [4.69, 9.17) is 23.2 Å². The van der Waals surface area contributed by atoms with Gasteiger partial charge in [0.2, 0.25) is 5.91 Å². The van der Waals surface area contributed by atoms with Gasteiger partial charge in [-0.15, -0.1) is 0 Å². The number of hydrogen-bond acceptors (Lipinski definition) is 4. The lowest BCUT2D eigenvalue weighted by molar-refractivity contribution is -0.135. The van der Waals surface area contributed by atoms with Crippen molar-refractivity contribution in [3.63, 3.8) is 0 Å². The van der Waals surface area contributed by atoms with Gasteiger partial charge in [0.15, 0.2) is 0 Å². The van der Waals surface area contributed by atoms with Crippen LogP contribution in [-0.4, -0.2) is 60.5 Å². The summed E-state index contributed by atoms with van der Waals surface area (Å²) in [5, 5.41) is 4.21. The highest BCUT2D eigenvalue weighted by Crippen LogP contribution is 2.21. The Kier molecular flexibility index (Phi) is 5.21. The minimum atomic E-state index is -0.175. The maximum atomic E-state index is 12.2. The van der Waals surface area contributed by atoms with Crippen LogP contribution in [0.1, 0.15) is 5.56 Å². The van der Waals surface area contributed by atoms with Crippen LogP contribution in [0.4, 0.5) is 0 Å². The van der Waals surface area contributed by atoms with Gasteiger partial charge in [0.25, 0.3) is 0 Å². The summed E-state index contributed by atoms with van der Waals surface area (Å²) in [7, 11) is 3.54. The third-order valence-electron chi connectivity index (χ3n) is 3.35. The van der Waals surface area contributed by atoms with Crippen LogP contribution in [0.5, 0.6) is 0 Å². The summed E-state index contributed by atoms with van der Waals surface area (Å²) >= 11 is 12.0. The molecule has 1 atom stereocenters. The van der Waals surface area contributed by atoms with Crippen molar-refractivity contribution in [3.8, 4) is 0 Å². The van der Waals surface area contributed by atoms with E-state index in [1.54, 1.807) is 31.3 Å². The number of pyridine rings is 1. The molecular formula is C13H18Cl2N4O. The van der Waals surface area contributed by atoms with Crippen molar-refractivity contribution in [2.45, 2.75) is 12.6 Å². The van der Waals surface area contributed by atoms with Gasteiger partial charge in [-0.1, -0.05) is 23.2 Å². The van der Waals surface area contributed by atoms with E-state index in [2.05, 4.69) is 15.2 Å². The van der Waals surface area contributed by atoms with Gasteiger partial charge in [-0.2, -0.15) is 0 Å². The van der Waals surface area contributed by atoms with Crippen LogP contribution in [-0.2, 0) is 11.3 Å². The number of nitrogens with zero attached hydrogens (tertiary/aromatic N) is 3. The zero-order chi connectivity index (χ0) is 14.7. The molecule has 1 fully saturated rings. The number of aromatic nitrogens is 1. The highest BCUT2D eigenvalue weighted by molar-refractivity contribution is 6.34. The first kappa shape index (κ1) is 15.5. The third kappa shape index (κ3) is 3.61. The van der Waals surface area contributed by atoms with Gasteiger partial charge in [-0.3, -0.25) is 9.69 Å². The summed E-state index contributed by atoms with van der Waals surface area (Å²) in [5.74, 6) is 0.0928. The minimum Gasteiger partial charge on any atom is -0.347 e. The normalized spacial score (nSPS) is 19.9. The van der Waals surface area contributed by atoms with Crippen LogP contribution >= 0.6 is 23.2 Å². The van der Waals surface area contributed by atoms with E-state index in [0.717, 1.165) is 18.7 Å². The number of carbonyl (C=O) groups excluding carboxylic acids is 1. The highest BCUT2D eigenvalue weighted by Gasteiger charge is 2.30. The lowest BCUT2D eigenvalue weighted by atomic mass is 10.1. The molecule has 7 heteroatoms. The van der Waals surface area contributed by atoms with E-state index in [1.807, 2.05) is 0 Å². The average Bonchev–Trinajstić information content (AvgIpc) is 2.41. The Morgan fingerprint density at radius 3 is 2.95 bits per heavy atom. The molecule has 0 aliphatic carbocycles. The SMILES string of the molecule is CN(C)C(=O)C1CNCCN1Cc1cnc(Cl)cc1Cl. The molecule has 0 spiro atoms. The number of halogens is 2. The van der Waals surface area contributed by atoms with Crippen LogP contribution in [0, 0.1) is 0 Å². The van der Waals surface area contributed by atoms with E-state index in [0.29, 0.717) is 23.3 Å². The highest BCUT2D eigenvalue weighted by atomic mass is 35.5. The Morgan fingerprint density at radius 1 is 1.55 bits per heavy atom. The fourth-order valence-electron chi connectivity index (χ4n) is 2.25. The van der Waals surface area contributed by atoms with Crippen molar-refractivity contribution in [3.05, 3.63) is 28.0 Å². The van der Waals surface area contributed by atoms with Crippen molar-refractivity contribution in [2.75, 3.05) is 33.7 Å². The standard InChI is InChI=1S/C13H18Cl2N4O/c1-18(2)13(20)11-7-16-3-4-19(11)8-9-6-17-12(15)5-10(9)14/h5-6,11,16H,3-4,7-8H2,1-2H3. The average molecular weight is 317 g/mol. The molecule has 1 saturated heterocycles. The van der Waals surface area contributed by atoms with Gasteiger partial charge in [0.1, 0.15) is 11.2 Å². The fraction of sp³-hybridized carbons (Fsp3) is 0.538. The number of hydrogen-bond donors (Lipinski definition) is 1. The molecule has 2 rings (SSSR count). The van der Waals surface area contributed by atoms with Crippen LogP contribution in [0.3, 0.4) is 0 Å². The smallest absolute Gasteiger partial charge is 0.240 e. The van der Waals surface area contributed by atoms with Crippen molar-refractivity contribution >= 4 is 29.1 Å². The molecule has 2 heterocycles. The van der Waals surface area contributed by atoms with E-state index in [9.17, 15) is 4.79 Å². The molecule has 1 aromatic heterocycles. The predicted molar refractivity (Wildman–Crippen MR) is 80.0 cm³/mol. The van der Waals surface area contributed by atoms with Crippen molar-refractivity contribution < 1.29 is 4.79 Å². The van der Waals surface area contributed by atoms with Crippen molar-refractivity contribution in [1.29, 1.82) is 0 Å². The Labute approximate surface area is 128 Å². The lowest BCUT2D eigenvalue weighted by Crippen LogP contribution is -2.57. The van der Waals surface area contributed by atoms with Crippen LogP contribution in [0.15, 0.2) is 12.3 Å². The quantitative estimate of drug-likeness (QED) is 0.853. The van der Waals surface area contributed by atoms with Crippen molar-refractivity contribution in [2.24, 2.45) is 0 Å². The van der Waals surface area contributed by atoms with E-state index >= 15 is 0 Å². The Hall–Kier alpha value is -0.880. The summed E-state index contributed by atoms with van der Waals surface area (Å²) in [5.41, 5.74) is 0.884. The zero-order valence-corrected chi connectivity index (χ0v) is 13.1. The van der Waals surface area contributed by atoms with Gasteiger partial charge in [-0.05, 0) is 6.07 Å². The first-order valence-electron chi connectivity index (χ1n) is 6.45. The molecule has 0 aromatic carbocycles. The molecule has 5 nitrogen and oxygen atoms in total. The molecule has 1 aromatic rings. The topological polar surface area (TPSA) is 48.5 Å². The van der Waals surface area contributed by atoms with Crippen molar-refractivity contribution in [1.82, 2.24) is 20.1 Å². The second-order valence-electron chi connectivity index (χ2n) is 5.02. The summed E-state index contributed by atoms with van der Waals surface area (Å²) in [6.07, 6.45) is 1.67. The predicted octanol–water partition coefficient (Wildman–Crippen LogP) is 1.25.